The largest absolute Gasteiger partial charge is 0.274 e. The summed E-state index contributed by atoms with van der Waals surface area (Å²) >= 11 is 0. The van der Waals surface area contributed by atoms with Crippen molar-refractivity contribution in [3.8, 4) is 5.69 Å². The third-order valence-corrected chi connectivity index (χ3v) is 3.50. The van der Waals surface area contributed by atoms with Crippen molar-refractivity contribution >= 4 is 12.1 Å². The average molecular weight is 322 g/mol. The van der Waals surface area contributed by atoms with E-state index in [0.29, 0.717) is 11.1 Å². The smallest absolute Gasteiger partial charge is 0.267 e. The normalized spacial score (nSPS) is 10.9. The highest BCUT2D eigenvalue weighted by Gasteiger charge is 2.14. The molecule has 0 spiro atoms. The fraction of sp³-hybridized carbons (Fsp3) is 0.0556. The lowest BCUT2D eigenvalue weighted by molar-refractivity contribution is 0.0954. The quantitative estimate of drug-likeness (QED) is 0.593. The molecule has 1 heterocycles. The van der Waals surface area contributed by atoms with E-state index in [1.54, 1.807) is 16.8 Å². The van der Waals surface area contributed by atoms with Crippen LogP contribution in [-0.4, -0.2) is 21.9 Å². The van der Waals surface area contributed by atoms with Gasteiger partial charge in [-0.1, -0.05) is 30.3 Å². The lowest BCUT2D eigenvalue weighted by Gasteiger charge is -2.04. The molecule has 1 N–H and O–H groups in total. The van der Waals surface area contributed by atoms with E-state index in [0.717, 1.165) is 11.4 Å². The molecule has 0 aliphatic carbocycles. The summed E-state index contributed by atoms with van der Waals surface area (Å²) in [6, 6.07) is 15.4. The van der Waals surface area contributed by atoms with E-state index in [4.69, 9.17) is 0 Å². The molecule has 2 aromatic carbocycles. The summed E-state index contributed by atoms with van der Waals surface area (Å²) in [7, 11) is 0. The molecule has 0 saturated carbocycles. The number of amides is 1. The third kappa shape index (κ3) is 3.38. The van der Waals surface area contributed by atoms with Crippen LogP contribution in [0.4, 0.5) is 4.39 Å². The Morgan fingerprint density at radius 1 is 1.17 bits per heavy atom. The monoisotopic (exact) mass is 322 g/mol. The van der Waals surface area contributed by atoms with Crippen LogP contribution in [0.2, 0.25) is 0 Å². The van der Waals surface area contributed by atoms with Crippen molar-refractivity contribution in [1.82, 2.24) is 15.2 Å². The molecule has 3 aromatic rings. The number of aromatic nitrogens is 2. The Morgan fingerprint density at radius 2 is 1.88 bits per heavy atom. The first-order valence-corrected chi connectivity index (χ1v) is 7.34. The van der Waals surface area contributed by atoms with Crippen molar-refractivity contribution < 1.29 is 9.18 Å². The summed E-state index contributed by atoms with van der Waals surface area (Å²) in [6.07, 6.45) is 2.96. The van der Waals surface area contributed by atoms with E-state index < -0.39 is 0 Å². The van der Waals surface area contributed by atoms with Gasteiger partial charge in [0.25, 0.3) is 5.91 Å². The van der Waals surface area contributed by atoms with Crippen molar-refractivity contribution in [2.45, 2.75) is 6.92 Å². The molecule has 0 bridgehead atoms. The molecule has 0 saturated heterocycles. The maximum atomic E-state index is 12.8. The van der Waals surface area contributed by atoms with E-state index in [2.05, 4.69) is 15.6 Å². The number of carbonyl (C=O) groups excluding carboxylic acids is 1. The number of nitrogens with one attached hydrogen (secondary N) is 1. The van der Waals surface area contributed by atoms with Crippen LogP contribution in [0.25, 0.3) is 5.69 Å². The number of hydrogen-bond donors (Lipinski definition) is 1. The zero-order chi connectivity index (χ0) is 16.9. The predicted molar refractivity (Wildman–Crippen MR) is 89.8 cm³/mol. The summed E-state index contributed by atoms with van der Waals surface area (Å²) in [5, 5.41) is 8.13. The van der Waals surface area contributed by atoms with Gasteiger partial charge in [-0.15, -0.1) is 0 Å². The molecular formula is C18H15FN4O. The van der Waals surface area contributed by atoms with Crippen molar-refractivity contribution in [3.63, 3.8) is 0 Å². The van der Waals surface area contributed by atoms with Crippen LogP contribution in [0.3, 0.4) is 0 Å². The number of carbonyl (C=O) groups is 1. The van der Waals surface area contributed by atoms with Gasteiger partial charge in [0, 0.05) is 0 Å². The number of benzene rings is 2. The first-order chi connectivity index (χ1) is 11.6. The van der Waals surface area contributed by atoms with Gasteiger partial charge in [-0.2, -0.15) is 10.2 Å². The Morgan fingerprint density at radius 3 is 2.58 bits per heavy atom. The number of nitrogens with zero attached hydrogens (tertiary/aromatic N) is 3. The van der Waals surface area contributed by atoms with Gasteiger partial charge in [-0.25, -0.2) is 14.5 Å². The zero-order valence-corrected chi connectivity index (χ0v) is 13.0. The van der Waals surface area contributed by atoms with Crippen LogP contribution in [0.5, 0.6) is 0 Å². The topological polar surface area (TPSA) is 59.3 Å². The summed E-state index contributed by atoms with van der Waals surface area (Å²) in [5.41, 5.74) is 5.18. The van der Waals surface area contributed by atoms with Crippen LogP contribution in [0.1, 0.15) is 21.6 Å². The van der Waals surface area contributed by atoms with E-state index in [1.165, 1.54) is 24.5 Å². The van der Waals surface area contributed by atoms with Gasteiger partial charge < -0.3 is 0 Å². The van der Waals surface area contributed by atoms with Gasteiger partial charge in [0.05, 0.1) is 29.4 Å². The van der Waals surface area contributed by atoms with Crippen LogP contribution in [0, 0.1) is 12.7 Å². The minimum atomic E-state index is -0.354. The first-order valence-electron chi connectivity index (χ1n) is 7.34. The van der Waals surface area contributed by atoms with Gasteiger partial charge in [-0.05, 0) is 36.8 Å². The molecule has 0 aliphatic heterocycles. The molecule has 0 radical (unpaired) electrons. The summed E-state index contributed by atoms with van der Waals surface area (Å²) in [5.74, 6) is -0.673. The van der Waals surface area contributed by atoms with Crippen LogP contribution < -0.4 is 5.43 Å². The number of halogens is 1. The highest BCUT2D eigenvalue weighted by atomic mass is 19.1. The van der Waals surface area contributed by atoms with Gasteiger partial charge in [0.2, 0.25) is 0 Å². The van der Waals surface area contributed by atoms with Gasteiger partial charge in [0.15, 0.2) is 0 Å². The minimum absolute atomic E-state index is 0.319. The highest BCUT2D eigenvalue weighted by molar-refractivity contribution is 5.95. The molecule has 0 aliphatic rings. The second-order valence-electron chi connectivity index (χ2n) is 5.14. The Bertz CT molecular complexity index is 870. The number of hydrogen-bond acceptors (Lipinski definition) is 3. The molecule has 5 nitrogen and oxygen atoms in total. The second kappa shape index (κ2) is 6.87. The molecule has 1 amide bonds. The predicted octanol–water partition coefficient (Wildman–Crippen LogP) is 3.08. The van der Waals surface area contributed by atoms with E-state index in [-0.39, 0.29) is 11.7 Å². The van der Waals surface area contributed by atoms with Gasteiger partial charge in [-0.3, -0.25) is 4.79 Å². The second-order valence-corrected chi connectivity index (χ2v) is 5.14. The highest BCUT2D eigenvalue weighted by Crippen LogP contribution is 2.13. The molecule has 120 valence electrons. The third-order valence-electron chi connectivity index (χ3n) is 3.50. The van der Waals surface area contributed by atoms with Crippen molar-refractivity contribution in [3.05, 3.63) is 83.4 Å². The molecule has 6 heteroatoms. The number of para-hydroxylation sites is 1. The zero-order valence-electron chi connectivity index (χ0n) is 13.0. The van der Waals surface area contributed by atoms with Crippen LogP contribution in [-0.2, 0) is 0 Å². The van der Waals surface area contributed by atoms with E-state index in [9.17, 15) is 9.18 Å². The van der Waals surface area contributed by atoms with Crippen molar-refractivity contribution in [1.29, 1.82) is 0 Å². The SMILES string of the molecule is Cc1c(C(=O)NN=Cc2ccc(F)cc2)cnn1-c1ccccc1. The molecule has 3 rings (SSSR count). The molecular weight excluding hydrogens is 307 g/mol. The molecule has 1 aromatic heterocycles. The van der Waals surface area contributed by atoms with Crippen LogP contribution in [0.15, 0.2) is 65.9 Å². The minimum Gasteiger partial charge on any atom is -0.267 e. The summed E-state index contributed by atoms with van der Waals surface area (Å²) < 4.78 is 14.5. The maximum Gasteiger partial charge on any atom is 0.274 e. The fourth-order valence-corrected chi connectivity index (χ4v) is 2.24. The molecule has 24 heavy (non-hydrogen) atoms. The van der Waals surface area contributed by atoms with Crippen molar-refractivity contribution in [2.75, 3.05) is 0 Å². The first kappa shape index (κ1) is 15.6. The molecule has 0 fully saturated rings. The lowest BCUT2D eigenvalue weighted by atomic mass is 10.2. The summed E-state index contributed by atoms with van der Waals surface area (Å²) in [4.78, 5) is 12.2. The van der Waals surface area contributed by atoms with E-state index >= 15 is 0 Å². The van der Waals surface area contributed by atoms with Crippen LogP contribution >= 0.6 is 0 Å². The molecule has 0 atom stereocenters. The molecule has 0 unspecified atom stereocenters. The number of rotatable bonds is 4. The average Bonchev–Trinajstić information content (AvgIpc) is 2.99. The van der Waals surface area contributed by atoms with Gasteiger partial charge in [0.1, 0.15) is 5.82 Å². The Balaban J connectivity index is 1.72. The standard InChI is InChI=1S/C18H15FN4O/c1-13-17(12-21-23(13)16-5-3-2-4-6-16)18(24)22-20-11-14-7-9-15(19)10-8-14/h2-12H,1H3,(H,22,24). The Labute approximate surface area is 138 Å². The number of hydrazone groups is 1. The lowest BCUT2D eigenvalue weighted by Crippen LogP contribution is -2.18. The maximum absolute atomic E-state index is 12.8. The Hall–Kier alpha value is -3.28. The van der Waals surface area contributed by atoms with Crippen molar-refractivity contribution in [2.24, 2.45) is 5.10 Å². The Kier molecular flexibility index (Phi) is 4.47. The summed E-state index contributed by atoms with van der Waals surface area (Å²) in [6.45, 7) is 1.82. The van der Waals surface area contributed by atoms with E-state index in [1.807, 2.05) is 37.3 Å². The van der Waals surface area contributed by atoms with Gasteiger partial charge >= 0.3 is 0 Å². The fourth-order valence-electron chi connectivity index (χ4n) is 2.24.